The van der Waals surface area contributed by atoms with Crippen molar-refractivity contribution in [1.29, 1.82) is 0 Å². The molecule has 342 valence electrons. The number of hydrogen-bond acceptors (Lipinski definition) is 10. The van der Waals surface area contributed by atoms with Crippen LogP contribution in [0.1, 0.15) is 70.7 Å². The molecule has 14 nitrogen and oxygen atoms in total. The molecular weight excluding hydrogens is 926 g/mol. The zero-order chi connectivity index (χ0) is 47.9. The number of alkyl halides is 2. The first-order chi connectivity index (χ1) is 31.6. The van der Waals surface area contributed by atoms with E-state index in [0.717, 1.165) is 11.1 Å². The van der Waals surface area contributed by atoms with Gasteiger partial charge >= 0.3 is 0 Å². The van der Waals surface area contributed by atoms with Gasteiger partial charge in [0.15, 0.2) is 11.6 Å². The Labute approximate surface area is 402 Å². The van der Waals surface area contributed by atoms with E-state index >= 15 is 0 Å². The number of anilines is 4. The summed E-state index contributed by atoms with van der Waals surface area (Å²) < 4.78 is 0. The van der Waals surface area contributed by atoms with Crippen molar-refractivity contribution in [3.63, 3.8) is 0 Å². The molecule has 4 N–H and O–H groups in total. The van der Waals surface area contributed by atoms with Crippen molar-refractivity contribution in [2.24, 2.45) is 20.5 Å². The van der Waals surface area contributed by atoms with Crippen molar-refractivity contribution >= 4 is 116 Å². The lowest BCUT2D eigenvalue weighted by atomic mass is 9.98. The van der Waals surface area contributed by atoms with Gasteiger partial charge in [-0.1, -0.05) is 61.3 Å². The number of rotatable bonds is 20. The predicted octanol–water partition coefficient (Wildman–Crippen LogP) is 11.5. The second-order valence-corrected chi connectivity index (χ2v) is 16.3. The van der Waals surface area contributed by atoms with Crippen LogP contribution in [0.25, 0.3) is 0 Å². The number of amides is 4. The molecule has 0 aliphatic heterocycles. The summed E-state index contributed by atoms with van der Waals surface area (Å²) in [5.74, 6) is -2.77. The fraction of sp³-hybridized carbons (Fsp3) is 0.250. The van der Waals surface area contributed by atoms with Gasteiger partial charge in [-0.2, -0.15) is 20.5 Å². The molecule has 18 heteroatoms. The highest BCUT2D eigenvalue weighted by molar-refractivity contribution is 6.35. The van der Waals surface area contributed by atoms with Crippen molar-refractivity contribution in [1.82, 2.24) is 0 Å². The van der Waals surface area contributed by atoms with Gasteiger partial charge < -0.3 is 21.3 Å². The van der Waals surface area contributed by atoms with E-state index < -0.39 is 47.3 Å². The van der Waals surface area contributed by atoms with Crippen molar-refractivity contribution < 1.29 is 28.8 Å². The van der Waals surface area contributed by atoms with Crippen LogP contribution in [-0.2, 0) is 44.9 Å². The van der Waals surface area contributed by atoms with Gasteiger partial charge in [-0.15, -0.1) is 23.2 Å². The minimum atomic E-state index is -1.55. The lowest BCUT2D eigenvalue weighted by Gasteiger charge is -2.20. The van der Waals surface area contributed by atoms with Gasteiger partial charge in [0.05, 0.1) is 32.5 Å². The van der Waals surface area contributed by atoms with E-state index in [1.807, 2.05) is 38.1 Å². The number of halogens is 4. The minimum Gasteiger partial charge on any atom is -0.323 e. The molecule has 0 fully saturated rings. The van der Waals surface area contributed by atoms with Crippen LogP contribution in [0.15, 0.2) is 118 Å². The summed E-state index contributed by atoms with van der Waals surface area (Å²) in [6, 6.07) is 23.1. The molecule has 0 spiro atoms. The molecule has 5 aromatic carbocycles. The van der Waals surface area contributed by atoms with Crippen LogP contribution in [0.4, 0.5) is 34.1 Å². The lowest BCUT2D eigenvalue weighted by Crippen LogP contribution is -2.33. The van der Waals surface area contributed by atoms with E-state index in [1.165, 1.54) is 50.2 Å². The normalized spacial score (nSPS) is 12.1. The summed E-state index contributed by atoms with van der Waals surface area (Å²) in [6.45, 7) is 6.12. The summed E-state index contributed by atoms with van der Waals surface area (Å²) in [7, 11) is 0. The monoisotopic (exact) mass is 970 g/mol. The Bertz CT molecular complexity index is 2490. The molecule has 5 rings (SSSR count). The molecule has 0 aliphatic carbocycles. The van der Waals surface area contributed by atoms with Gasteiger partial charge in [0.2, 0.25) is 12.1 Å². The molecule has 2 atom stereocenters. The summed E-state index contributed by atoms with van der Waals surface area (Å²) in [4.78, 5) is 78.9. The van der Waals surface area contributed by atoms with Crippen molar-refractivity contribution in [2.45, 2.75) is 65.5 Å². The third kappa shape index (κ3) is 13.6. The molecule has 0 radical (unpaired) electrons. The van der Waals surface area contributed by atoms with E-state index in [1.54, 1.807) is 36.4 Å². The van der Waals surface area contributed by atoms with Gasteiger partial charge in [0.1, 0.15) is 0 Å². The second kappa shape index (κ2) is 24.3. The highest BCUT2D eigenvalue weighted by Gasteiger charge is 2.27. The Hall–Kier alpha value is -6.32. The molecule has 66 heavy (non-hydrogen) atoms. The van der Waals surface area contributed by atoms with Crippen molar-refractivity contribution in [3.05, 3.63) is 140 Å². The molecule has 4 amide bonds. The summed E-state index contributed by atoms with van der Waals surface area (Å²) >= 11 is 24.3. The van der Waals surface area contributed by atoms with Gasteiger partial charge in [0.25, 0.3) is 23.6 Å². The third-order valence-corrected chi connectivity index (χ3v) is 11.1. The van der Waals surface area contributed by atoms with Crippen LogP contribution in [0.3, 0.4) is 0 Å². The maximum Gasteiger partial charge on any atom is 0.258 e. The van der Waals surface area contributed by atoms with Crippen LogP contribution in [0.5, 0.6) is 0 Å². The number of azo groups is 2. The second-order valence-electron chi connectivity index (χ2n) is 14.8. The van der Waals surface area contributed by atoms with E-state index in [2.05, 4.69) is 41.7 Å². The Morgan fingerprint density at radius 3 is 1.20 bits per heavy atom. The zero-order valence-electron chi connectivity index (χ0n) is 36.4. The van der Waals surface area contributed by atoms with E-state index in [-0.39, 0.29) is 32.5 Å². The van der Waals surface area contributed by atoms with Gasteiger partial charge in [-0.25, -0.2) is 0 Å². The maximum absolute atomic E-state index is 13.6. The number of nitrogens with one attached hydrogen (secondary N) is 4. The number of benzene rings is 5. The molecule has 0 heterocycles. The fourth-order valence-electron chi connectivity index (χ4n) is 6.65. The summed E-state index contributed by atoms with van der Waals surface area (Å²) in [6.07, 6.45) is 2.19. The molecule has 0 aromatic heterocycles. The van der Waals surface area contributed by atoms with Crippen LogP contribution in [-0.4, -0.2) is 59.0 Å². The van der Waals surface area contributed by atoms with E-state index in [4.69, 9.17) is 46.4 Å². The zero-order valence-corrected chi connectivity index (χ0v) is 39.4. The Balaban J connectivity index is 1.28. The number of ketones is 2. The largest absolute Gasteiger partial charge is 0.323 e. The first kappa shape index (κ1) is 50.7. The Morgan fingerprint density at radius 1 is 0.515 bits per heavy atom. The maximum atomic E-state index is 13.6. The standard InChI is InChI=1S/C48H46Cl4N8O6/c1-5-35-36(6-2)42(56-48(66)44(28(4)62)60-58-34-16-18-40(52)38(26-34)46(64)54-32-13-9-30(10-14-32)22-24-50)20-19-41(35)55-47(65)43(27(3)61)59-57-33-15-17-39(51)37(25-33)45(63)53-31-11-7-29(8-12-31)21-23-49/h7-20,25-26,43-44H,5-6,21-24H2,1-4H3,(H,53,63)(H,54,64)(H,55,65)(H,56,66). The van der Waals surface area contributed by atoms with Crippen LogP contribution < -0.4 is 21.3 Å². The first-order valence-corrected chi connectivity index (χ1v) is 22.6. The SMILES string of the molecule is CCc1c(NC(=O)C(N=Nc2ccc(Cl)c(C(=O)Nc3ccc(CCCl)cc3)c2)C(C)=O)ccc(NC(=O)C(N=Nc2ccc(Cl)c(C(=O)Nc3ccc(CCCl)cc3)c2)C(C)=O)c1CC. The number of hydrogen-bond donors (Lipinski definition) is 4. The quantitative estimate of drug-likeness (QED) is 0.0340. The molecular formula is C48H46Cl4N8O6. The summed E-state index contributed by atoms with van der Waals surface area (Å²) in [5.41, 5.74) is 5.72. The molecule has 5 aromatic rings. The molecule has 0 aliphatic rings. The number of carbonyl (C=O) groups is 6. The topological polar surface area (TPSA) is 200 Å². The third-order valence-electron chi connectivity index (χ3n) is 10.1. The number of carbonyl (C=O) groups excluding carboxylic acids is 6. The Morgan fingerprint density at radius 2 is 0.879 bits per heavy atom. The predicted molar refractivity (Wildman–Crippen MR) is 261 cm³/mol. The van der Waals surface area contributed by atoms with Crippen LogP contribution >= 0.6 is 46.4 Å². The van der Waals surface area contributed by atoms with E-state index in [9.17, 15) is 28.8 Å². The first-order valence-electron chi connectivity index (χ1n) is 20.8. The molecule has 2 unspecified atom stereocenters. The average molecular weight is 973 g/mol. The van der Waals surface area contributed by atoms with Gasteiger partial charge in [-0.05, 0) is 135 Å². The number of aryl methyl sites for hydroxylation is 2. The smallest absolute Gasteiger partial charge is 0.258 e. The van der Waals surface area contributed by atoms with Gasteiger partial charge in [-0.3, -0.25) is 28.8 Å². The van der Waals surface area contributed by atoms with Crippen molar-refractivity contribution in [2.75, 3.05) is 33.0 Å². The highest BCUT2D eigenvalue weighted by Crippen LogP contribution is 2.31. The minimum absolute atomic E-state index is 0.102. The molecule has 0 saturated carbocycles. The summed E-state index contributed by atoms with van der Waals surface area (Å²) in [5, 5.41) is 27.8. The highest BCUT2D eigenvalue weighted by atomic mass is 35.5. The lowest BCUT2D eigenvalue weighted by molar-refractivity contribution is -0.127. The average Bonchev–Trinajstić information content (AvgIpc) is 3.29. The fourth-order valence-corrected chi connectivity index (χ4v) is 7.49. The van der Waals surface area contributed by atoms with Gasteiger partial charge in [0, 0.05) is 34.5 Å². The molecule has 0 saturated heterocycles. The van der Waals surface area contributed by atoms with Crippen LogP contribution in [0.2, 0.25) is 10.0 Å². The van der Waals surface area contributed by atoms with Crippen molar-refractivity contribution in [3.8, 4) is 0 Å². The van der Waals surface area contributed by atoms with E-state index in [0.29, 0.717) is 71.3 Å². The Kier molecular flexibility index (Phi) is 18.6. The number of Topliss-reactive ketones (excluding diaryl/α,β-unsaturated/α-hetero) is 2. The molecule has 0 bridgehead atoms. The van der Waals surface area contributed by atoms with Crippen LogP contribution in [0, 0.1) is 0 Å². The number of nitrogens with zero attached hydrogens (tertiary/aromatic N) is 4.